The molecule has 4 rings (SSSR count). The van der Waals surface area contributed by atoms with Crippen molar-refractivity contribution < 1.29 is 10.2 Å². The van der Waals surface area contributed by atoms with Crippen molar-refractivity contribution in [2.75, 3.05) is 0 Å². The number of hydrogen-bond acceptors (Lipinski definition) is 2. The Hall–Kier alpha value is -0.340. The van der Waals surface area contributed by atoms with Crippen molar-refractivity contribution in [3.05, 3.63) is 11.6 Å². The van der Waals surface area contributed by atoms with Gasteiger partial charge in [0.2, 0.25) is 0 Å². The Bertz CT molecular complexity index is 470. The molecule has 0 spiro atoms. The second-order valence-corrected chi connectivity index (χ2v) is 8.87. The molecule has 3 fully saturated rings. The fraction of sp³-hybridized carbons (Fsp3) is 0.895. The zero-order chi connectivity index (χ0) is 14.8. The molecule has 4 aliphatic rings. The van der Waals surface area contributed by atoms with Crippen LogP contribution < -0.4 is 0 Å². The topological polar surface area (TPSA) is 40.5 Å². The van der Waals surface area contributed by atoms with Crippen LogP contribution in [0.3, 0.4) is 0 Å². The maximum Gasteiger partial charge on any atom is 0.0757 e. The molecular weight excluding hydrogens is 260 g/mol. The summed E-state index contributed by atoms with van der Waals surface area (Å²) in [6, 6.07) is 0. The molecule has 0 aliphatic heterocycles. The Balaban J connectivity index is 1.73. The highest BCUT2D eigenvalue weighted by Gasteiger charge is 2.58. The highest BCUT2D eigenvalue weighted by atomic mass is 16.3. The number of fused-ring (bicyclic) bond motifs is 5. The largest absolute Gasteiger partial charge is 0.393 e. The van der Waals surface area contributed by atoms with Gasteiger partial charge in [0.05, 0.1) is 12.2 Å². The van der Waals surface area contributed by atoms with E-state index in [-0.39, 0.29) is 17.6 Å². The minimum absolute atomic E-state index is 0.187. The normalized spacial score (nSPS) is 56.2. The second-order valence-electron chi connectivity index (χ2n) is 8.87. The summed E-state index contributed by atoms with van der Waals surface area (Å²) in [5, 5.41) is 20.9. The van der Waals surface area contributed by atoms with Crippen LogP contribution in [0, 0.1) is 28.6 Å². The minimum Gasteiger partial charge on any atom is -0.393 e. The molecule has 0 aromatic heterocycles. The van der Waals surface area contributed by atoms with Crippen LogP contribution in [0.25, 0.3) is 0 Å². The molecule has 0 amide bonds. The van der Waals surface area contributed by atoms with E-state index in [9.17, 15) is 10.2 Å². The predicted octanol–water partition coefficient (Wildman–Crippen LogP) is 3.67. The Morgan fingerprint density at radius 2 is 1.81 bits per heavy atom. The molecule has 3 saturated carbocycles. The third-order valence-corrected chi connectivity index (χ3v) is 7.88. The summed E-state index contributed by atoms with van der Waals surface area (Å²) in [7, 11) is 0. The molecule has 0 aromatic rings. The SMILES string of the molecule is C[C@@]12CCC[C@H]1[C@@H]1[C@@H](O)C=C3C[C@@H](O)CC[C@]3(C)[C@H]1CC2. The van der Waals surface area contributed by atoms with Gasteiger partial charge < -0.3 is 10.2 Å². The number of hydrogen-bond donors (Lipinski definition) is 2. The molecule has 2 N–H and O–H groups in total. The van der Waals surface area contributed by atoms with Gasteiger partial charge in [-0.1, -0.05) is 31.9 Å². The summed E-state index contributed by atoms with van der Waals surface area (Å²) in [6.07, 6.45) is 11.2. The Kier molecular flexibility index (Phi) is 3.11. The van der Waals surface area contributed by atoms with Crippen LogP contribution in [0.5, 0.6) is 0 Å². The lowest BCUT2D eigenvalue weighted by Gasteiger charge is -2.58. The van der Waals surface area contributed by atoms with E-state index in [0.29, 0.717) is 23.2 Å². The van der Waals surface area contributed by atoms with Crippen LogP contribution >= 0.6 is 0 Å². The van der Waals surface area contributed by atoms with Crippen LogP contribution in [0.4, 0.5) is 0 Å². The summed E-state index contributed by atoms with van der Waals surface area (Å²) in [4.78, 5) is 0. The van der Waals surface area contributed by atoms with Crippen molar-refractivity contribution in [2.45, 2.75) is 77.4 Å². The summed E-state index contributed by atoms with van der Waals surface area (Å²) >= 11 is 0. The van der Waals surface area contributed by atoms with Crippen molar-refractivity contribution in [1.82, 2.24) is 0 Å². The van der Waals surface area contributed by atoms with E-state index in [1.165, 1.54) is 37.7 Å². The fourth-order valence-electron chi connectivity index (χ4n) is 6.62. The number of rotatable bonds is 0. The van der Waals surface area contributed by atoms with Gasteiger partial charge in [-0.2, -0.15) is 0 Å². The second kappa shape index (κ2) is 4.58. The lowest BCUT2D eigenvalue weighted by molar-refractivity contribution is -0.0825. The molecule has 0 aromatic carbocycles. The monoisotopic (exact) mass is 290 g/mol. The molecular formula is C19H30O2. The van der Waals surface area contributed by atoms with Crippen molar-refractivity contribution in [3.63, 3.8) is 0 Å². The molecule has 118 valence electrons. The fourth-order valence-corrected chi connectivity index (χ4v) is 6.62. The van der Waals surface area contributed by atoms with E-state index in [1.54, 1.807) is 0 Å². The maximum absolute atomic E-state index is 10.8. The smallest absolute Gasteiger partial charge is 0.0757 e. The van der Waals surface area contributed by atoms with Crippen molar-refractivity contribution >= 4 is 0 Å². The molecule has 0 bridgehead atoms. The van der Waals surface area contributed by atoms with Gasteiger partial charge in [-0.3, -0.25) is 0 Å². The van der Waals surface area contributed by atoms with E-state index < -0.39 is 0 Å². The number of aliphatic hydroxyl groups is 2. The summed E-state index contributed by atoms with van der Waals surface area (Å²) in [5.74, 6) is 1.82. The van der Waals surface area contributed by atoms with Gasteiger partial charge in [0.15, 0.2) is 0 Å². The molecule has 0 unspecified atom stereocenters. The summed E-state index contributed by atoms with van der Waals surface area (Å²) in [5.41, 5.74) is 2.09. The molecule has 4 aliphatic carbocycles. The van der Waals surface area contributed by atoms with E-state index >= 15 is 0 Å². The molecule has 21 heavy (non-hydrogen) atoms. The molecule has 0 radical (unpaired) electrons. The Labute approximate surface area is 128 Å². The van der Waals surface area contributed by atoms with Crippen molar-refractivity contribution in [2.24, 2.45) is 28.6 Å². The van der Waals surface area contributed by atoms with E-state index in [1.807, 2.05) is 0 Å². The first-order chi connectivity index (χ1) is 9.94. The lowest BCUT2D eigenvalue weighted by atomic mass is 9.47. The molecule has 2 heteroatoms. The maximum atomic E-state index is 10.8. The van der Waals surface area contributed by atoms with E-state index in [2.05, 4.69) is 19.9 Å². The van der Waals surface area contributed by atoms with Gasteiger partial charge in [0, 0.05) is 0 Å². The minimum atomic E-state index is -0.272. The zero-order valence-electron chi connectivity index (χ0n) is 13.5. The van der Waals surface area contributed by atoms with Gasteiger partial charge in [-0.05, 0) is 73.5 Å². The van der Waals surface area contributed by atoms with Gasteiger partial charge in [0.25, 0.3) is 0 Å². The zero-order valence-corrected chi connectivity index (χ0v) is 13.5. The third-order valence-electron chi connectivity index (χ3n) is 7.88. The standard InChI is InChI=1S/C19H30O2/c1-18-7-3-4-14(18)17-15(6-8-18)19(2)9-5-13(20)10-12(19)11-16(17)21/h11,13-17,20-21H,3-10H2,1-2H3/t13-,14-,15-,16-,17-,18-,19-/m0/s1. The highest BCUT2D eigenvalue weighted by molar-refractivity contribution is 5.27. The van der Waals surface area contributed by atoms with Gasteiger partial charge >= 0.3 is 0 Å². The quantitative estimate of drug-likeness (QED) is 0.668. The molecule has 7 atom stereocenters. The third kappa shape index (κ3) is 1.91. The first-order valence-corrected chi connectivity index (χ1v) is 9.01. The predicted molar refractivity (Wildman–Crippen MR) is 83.7 cm³/mol. The molecule has 0 heterocycles. The number of aliphatic hydroxyl groups excluding tert-OH is 2. The van der Waals surface area contributed by atoms with Crippen LogP contribution in [-0.2, 0) is 0 Å². The van der Waals surface area contributed by atoms with Crippen LogP contribution in [0.15, 0.2) is 11.6 Å². The summed E-state index contributed by atoms with van der Waals surface area (Å²) in [6.45, 7) is 4.89. The average Bonchev–Trinajstić information content (AvgIpc) is 2.82. The van der Waals surface area contributed by atoms with Crippen molar-refractivity contribution in [1.29, 1.82) is 0 Å². The first-order valence-electron chi connectivity index (χ1n) is 9.01. The van der Waals surface area contributed by atoms with Crippen LogP contribution in [0.2, 0.25) is 0 Å². The average molecular weight is 290 g/mol. The Morgan fingerprint density at radius 1 is 1.00 bits per heavy atom. The highest BCUT2D eigenvalue weighted by Crippen LogP contribution is 2.64. The lowest BCUT2D eigenvalue weighted by Crippen LogP contribution is -2.53. The van der Waals surface area contributed by atoms with Gasteiger partial charge in [-0.15, -0.1) is 0 Å². The van der Waals surface area contributed by atoms with Gasteiger partial charge in [-0.25, -0.2) is 0 Å². The van der Waals surface area contributed by atoms with Crippen molar-refractivity contribution in [3.8, 4) is 0 Å². The molecule has 0 saturated heterocycles. The Morgan fingerprint density at radius 3 is 2.62 bits per heavy atom. The molecule has 2 nitrogen and oxygen atoms in total. The first kappa shape index (κ1) is 14.3. The van der Waals surface area contributed by atoms with E-state index in [0.717, 1.165) is 19.3 Å². The van der Waals surface area contributed by atoms with Crippen LogP contribution in [0.1, 0.15) is 65.2 Å². The van der Waals surface area contributed by atoms with Gasteiger partial charge in [0.1, 0.15) is 0 Å². The van der Waals surface area contributed by atoms with E-state index in [4.69, 9.17) is 0 Å². The van der Waals surface area contributed by atoms with Crippen LogP contribution in [-0.4, -0.2) is 22.4 Å². The summed E-state index contributed by atoms with van der Waals surface area (Å²) < 4.78 is 0.